The molecular formula is C26H23BrN2O3. The van der Waals surface area contributed by atoms with Gasteiger partial charge in [0.2, 0.25) is 0 Å². The lowest BCUT2D eigenvalue weighted by atomic mass is 10.1. The fourth-order valence-corrected chi connectivity index (χ4v) is 3.25. The average molecular weight is 491 g/mol. The molecule has 0 atom stereocenters. The Bertz CT molecular complexity index is 1130. The molecule has 0 spiro atoms. The largest absolute Gasteiger partial charge is 0.490 e. The molecule has 5 nitrogen and oxygen atoms in total. The number of nitrogens with one attached hydrogen (secondary N) is 1. The highest BCUT2D eigenvalue weighted by molar-refractivity contribution is 9.10. The van der Waals surface area contributed by atoms with Crippen molar-refractivity contribution in [2.24, 2.45) is 0 Å². The summed E-state index contributed by atoms with van der Waals surface area (Å²) in [5, 5.41) is 12.3. The van der Waals surface area contributed by atoms with Gasteiger partial charge in [-0.25, -0.2) is 0 Å². The first-order chi connectivity index (χ1) is 15.4. The van der Waals surface area contributed by atoms with Crippen molar-refractivity contribution >= 4 is 33.6 Å². The molecule has 0 aliphatic rings. The SMILES string of the molecule is CC(C)Oc1ccc(Br)cc1/C=C(\C#N)C(=O)Nc1ccc(OCc2ccccc2)cc1. The minimum absolute atomic E-state index is 0.0267. The summed E-state index contributed by atoms with van der Waals surface area (Å²) in [5.41, 5.74) is 2.25. The quantitative estimate of drug-likeness (QED) is 0.294. The Hall–Kier alpha value is -3.56. The second-order valence-corrected chi connectivity index (χ2v) is 8.19. The molecule has 0 unspecified atom stereocenters. The Morgan fingerprint density at radius 3 is 2.47 bits per heavy atom. The van der Waals surface area contributed by atoms with E-state index in [9.17, 15) is 10.1 Å². The van der Waals surface area contributed by atoms with E-state index in [-0.39, 0.29) is 11.7 Å². The Morgan fingerprint density at radius 1 is 1.09 bits per heavy atom. The van der Waals surface area contributed by atoms with E-state index in [0.29, 0.717) is 29.4 Å². The number of anilines is 1. The number of benzene rings is 3. The Balaban J connectivity index is 1.69. The molecule has 32 heavy (non-hydrogen) atoms. The third-order valence-electron chi connectivity index (χ3n) is 4.36. The number of rotatable bonds is 8. The first-order valence-corrected chi connectivity index (χ1v) is 10.9. The van der Waals surface area contributed by atoms with Gasteiger partial charge in [-0.2, -0.15) is 5.26 Å². The van der Waals surface area contributed by atoms with Gasteiger partial charge in [0.1, 0.15) is 29.7 Å². The number of carbonyl (C=O) groups is 1. The van der Waals surface area contributed by atoms with Crippen molar-refractivity contribution in [1.82, 2.24) is 0 Å². The molecule has 0 bridgehead atoms. The first-order valence-electron chi connectivity index (χ1n) is 10.1. The number of nitrogens with zero attached hydrogens (tertiary/aromatic N) is 1. The van der Waals surface area contributed by atoms with Crippen molar-refractivity contribution in [3.8, 4) is 17.6 Å². The predicted molar refractivity (Wildman–Crippen MR) is 129 cm³/mol. The molecule has 0 radical (unpaired) electrons. The van der Waals surface area contributed by atoms with E-state index >= 15 is 0 Å². The third-order valence-corrected chi connectivity index (χ3v) is 4.85. The molecule has 0 saturated heterocycles. The van der Waals surface area contributed by atoms with Crippen LogP contribution in [0, 0.1) is 11.3 Å². The smallest absolute Gasteiger partial charge is 0.266 e. The number of nitriles is 1. The fourth-order valence-electron chi connectivity index (χ4n) is 2.87. The summed E-state index contributed by atoms with van der Waals surface area (Å²) < 4.78 is 12.4. The first kappa shape index (κ1) is 23.1. The molecule has 0 aliphatic heterocycles. The van der Waals surface area contributed by atoms with Gasteiger partial charge in [0.15, 0.2) is 0 Å². The van der Waals surface area contributed by atoms with E-state index in [0.717, 1.165) is 10.0 Å². The third kappa shape index (κ3) is 6.73. The van der Waals surface area contributed by atoms with Crippen LogP contribution in [0.3, 0.4) is 0 Å². The van der Waals surface area contributed by atoms with Gasteiger partial charge in [-0.05, 0) is 68.0 Å². The number of amides is 1. The number of halogens is 1. The number of hydrogen-bond donors (Lipinski definition) is 1. The van der Waals surface area contributed by atoms with Gasteiger partial charge in [-0.1, -0.05) is 46.3 Å². The molecule has 3 aromatic rings. The number of carbonyl (C=O) groups excluding carboxylic acids is 1. The molecule has 162 valence electrons. The fraction of sp³-hybridized carbons (Fsp3) is 0.154. The van der Waals surface area contributed by atoms with E-state index in [2.05, 4.69) is 21.2 Å². The van der Waals surface area contributed by atoms with Crippen molar-refractivity contribution in [2.75, 3.05) is 5.32 Å². The van der Waals surface area contributed by atoms with Crippen LogP contribution >= 0.6 is 15.9 Å². The van der Waals surface area contributed by atoms with Gasteiger partial charge in [0.05, 0.1) is 6.10 Å². The van der Waals surface area contributed by atoms with E-state index in [4.69, 9.17) is 9.47 Å². The van der Waals surface area contributed by atoms with E-state index < -0.39 is 5.91 Å². The Kier molecular flexibility index (Phi) is 8.07. The van der Waals surface area contributed by atoms with E-state index in [1.165, 1.54) is 6.08 Å². The van der Waals surface area contributed by atoms with Crippen molar-refractivity contribution in [3.05, 3.63) is 94.0 Å². The van der Waals surface area contributed by atoms with Crippen LogP contribution < -0.4 is 14.8 Å². The molecular weight excluding hydrogens is 468 g/mol. The normalized spacial score (nSPS) is 11.0. The van der Waals surface area contributed by atoms with Gasteiger partial charge < -0.3 is 14.8 Å². The van der Waals surface area contributed by atoms with Gasteiger partial charge in [-0.15, -0.1) is 0 Å². The minimum Gasteiger partial charge on any atom is -0.490 e. The van der Waals surface area contributed by atoms with Gasteiger partial charge in [0.25, 0.3) is 5.91 Å². The van der Waals surface area contributed by atoms with Crippen LogP contribution in [0.4, 0.5) is 5.69 Å². The molecule has 0 saturated carbocycles. The zero-order valence-corrected chi connectivity index (χ0v) is 19.4. The lowest BCUT2D eigenvalue weighted by Gasteiger charge is -2.13. The molecule has 3 aromatic carbocycles. The van der Waals surface area contributed by atoms with Crippen LogP contribution in [-0.4, -0.2) is 12.0 Å². The summed E-state index contributed by atoms with van der Waals surface area (Å²) in [4.78, 5) is 12.7. The number of hydrogen-bond acceptors (Lipinski definition) is 4. The van der Waals surface area contributed by atoms with Crippen LogP contribution in [0.15, 0.2) is 82.8 Å². The highest BCUT2D eigenvalue weighted by Gasteiger charge is 2.13. The van der Waals surface area contributed by atoms with Crippen molar-refractivity contribution in [1.29, 1.82) is 5.26 Å². The summed E-state index contributed by atoms with van der Waals surface area (Å²) in [6.45, 7) is 4.29. The standard InChI is InChI=1S/C26H23BrN2O3/c1-18(2)32-25-13-8-22(27)15-20(25)14-21(16-28)26(30)29-23-9-11-24(12-10-23)31-17-19-6-4-3-5-7-19/h3-15,18H,17H2,1-2H3,(H,29,30)/b21-14+. The Morgan fingerprint density at radius 2 is 1.81 bits per heavy atom. The summed E-state index contributed by atoms with van der Waals surface area (Å²) in [5.74, 6) is 0.789. The molecule has 0 fully saturated rings. The van der Waals surface area contributed by atoms with Crippen LogP contribution in [0.1, 0.15) is 25.0 Å². The highest BCUT2D eigenvalue weighted by Crippen LogP contribution is 2.27. The molecule has 0 aromatic heterocycles. The molecule has 1 amide bonds. The van der Waals surface area contributed by atoms with Crippen molar-refractivity contribution < 1.29 is 14.3 Å². The summed E-state index contributed by atoms with van der Waals surface area (Å²) in [6, 6.07) is 24.3. The van der Waals surface area contributed by atoms with Gasteiger partial charge in [-0.3, -0.25) is 4.79 Å². The van der Waals surface area contributed by atoms with Crippen LogP contribution in [0.5, 0.6) is 11.5 Å². The van der Waals surface area contributed by atoms with Crippen molar-refractivity contribution in [2.45, 2.75) is 26.6 Å². The van der Waals surface area contributed by atoms with Gasteiger partial charge in [0, 0.05) is 15.7 Å². The zero-order chi connectivity index (χ0) is 22.9. The maximum atomic E-state index is 12.7. The highest BCUT2D eigenvalue weighted by atomic mass is 79.9. The predicted octanol–water partition coefficient (Wildman–Crippen LogP) is 6.36. The molecule has 0 heterocycles. The van der Waals surface area contributed by atoms with Crippen molar-refractivity contribution in [3.63, 3.8) is 0 Å². The average Bonchev–Trinajstić information content (AvgIpc) is 2.79. The molecule has 3 rings (SSSR count). The molecule has 0 aliphatic carbocycles. The zero-order valence-electron chi connectivity index (χ0n) is 17.8. The maximum Gasteiger partial charge on any atom is 0.266 e. The maximum absolute atomic E-state index is 12.7. The number of ether oxygens (including phenoxy) is 2. The second kappa shape index (κ2) is 11.2. The van der Waals surface area contributed by atoms with E-state index in [1.54, 1.807) is 36.4 Å². The van der Waals surface area contributed by atoms with Crippen LogP contribution in [-0.2, 0) is 11.4 Å². The minimum atomic E-state index is -0.499. The monoisotopic (exact) mass is 490 g/mol. The summed E-state index contributed by atoms with van der Waals surface area (Å²) >= 11 is 3.42. The van der Waals surface area contributed by atoms with E-state index in [1.807, 2.05) is 56.3 Å². The topological polar surface area (TPSA) is 71.3 Å². The summed E-state index contributed by atoms with van der Waals surface area (Å²) in [6.07, 6.45) is 1.49. The summed E-state index contributed by atoms with van der Waals surface area (Å²) in [7, 11) is 0. The lowest BCUT2D eigenvalue weighted by Crippen LogP contribution is -2.13. The van der Waals surface area contributed by atoms with Gasteiger partial charge >= 0.3 is 0 Å². The molecule has 1 N–H and O–H groups in total. The van der Waals surface area contributed by atoms with Crippen LogP contribution in [0.2, 0.25) is 0 Å². The second-order valence-electron chi connectivity index (χ2n) is 7.27. The lowest BCUT2D eigenvalue weighted by molar-refractivity contribution is -0.112. The molecule has 6 heteroatoms. The Labute approximate surface area is 196 Å². The van der Waals surface area contributed by atoms with Crippen LogP contribution in [0.25, 0.3) is 6.08 Å².